The number of hydrogen-bond acceptors (Lipinski definition) is 4. The number of amides is 1. The van der Waals surface area contributed by atoms with Crippen molar-refractivity contribution in [3.8, 4) is 5.75 Å². The molecular formula is C27H37NO5. The lowest BCUT2D eigenvalue weighted by molar-refractivity contribution is -0.139. The van der Waals surface area contributed by atoms with E-state index in [4.69, 9.17) is 9.47 Å². The zero-order valence-corrected chi connectivity index (χ0v) is 21.0. The van der Waals surface area contributed by atoms with E-state index in [2.05, 4.69) is 50.4 Å². The minimum atomic E-state index is -1.11. The molecule has 0 heterocycles. The summed E-state index contributed by atoms with van der Waals surface area (Å²) in [5, 5.41) is 12.1. The first-order valence-corrected chi connectivity index (χ1v) is 11.2. The largest absolute Gasteiger partial charge is 0.489 e. The number of carboxylic acids is 1. The van der Waals surface area contributed by atoms with E-state index in [0.717, 1.165) is 28.0 Å². The Labute approximate surface area is 197 Å². The molecular weight excluding hydrogens is 418 g/mol. The normalized spacial score (nSPS) is 12.7. The van der Waals surface area contributed by atoms with Crippen LogP contribution in [0.1, 0.15) is 69.4 Å². The first-order chi connectivity index (χ1) is 15.2. The lowest BCUT2D eigenvalue weighted by Crippen LogP contribution is -2.44. The molecule has 0 spiro atoms. The number of carbonyl (C=O) groups is 2. The molecule has 0 saturated carbocycles. The van der Waals surface area contributed by atoms with E-state index in [-0.39, 0.29) is 11.8 Å². The Hall–Kier alpha value is -3.02. The van der Waals surface area contributed by atoms with E-state index in [1.807, 2.05) is 26.0 Å². The highest BCUT2D eigenvalue weighted by molar-refractivity contribution is 5.80. The molecule has 0 saturated heterocycles. The number of rotatable bonds is 7. The molecule has 0 radical (unpaired) electrons. The van der Waals surface area contributed by atoms with Gasteiger partial charge in [0.05, 0.1) is 0 Å². The van der Waals surface area contributed by atoms with E-state index in [1.165, 1.54) is 5.56 Å². The first-order valence-electron chi connectivity index (χ1n) is 11.2. The van der Waals surface area contributed by atoms with Crippen LogP contribution in [0.5, 0.6) is 5.75 Å². The van der Waals surface area contributed by atoms with E-state index in [9.17, 15) is 14.7 Å². The van der Waals surface area contributed by atoms with Gasteiger partial charge in [0.25, 0.3) is 0 Å². The fourth-order valence-electron chi connectivity index (χ4n) is 3.48. The summed E-state index contributed by atoms with van der Waals surface area (Å²) in [6, 6.07) is 11.1. The Bertz CT molecular complexity index is 958. The van der Waals surface area contributed by atoms with Crippen molar-refractivity contribution in [3.05, 3.63) is 64.2 Å². The Morgan fingerprint density at radius 3 is 1.97 bits per heavy atom. The molecule has 0 aliphatic carbocycles. The highest BCUT2D eigenvalue weighted by Crippen LogP contribution is 2.25. The van der Waals surface area contributed by atoms with Gasteiger partial charge in [0.1, 0.15) is 24.0 Å². The summed E-state index contributed by atoms with van der Waals surface area (Å²) in [6.07, 6.45) is -0.594. The predicted molar refractivity (Wildman–Crippen MR) is 130 cm³/mol. The number of hydrogen-bond donors (Lipinski definition) is 2. The van der Waals surface area contributed by atoms with Gasteiger partial charge in [-0.3, -0.25) is 0 Å². The van der Waals surface area contributed by atoms with Crippen molar-refractivity contribution in [2.75, 3.05) is 0 Å². The van der Waals surface area contributed by atoms with Crippen LogP contribution in [-0.2, 0) is 28.0 Å². The number of ether oxygens (including phenoxy) is 2. The van der Waals surface area contributed by atoms with Gasteiger partial charge in [0.15, 0.2) is 0 Å². The Balaban J connectivity index is 2.09. The van der Waals surface area contributed by atoms with Gasteiger partial charge in [0, 0.05) is 6.42 Å². The smallest absolute Gasteiger partial charge is 0.408 e. The maximum Gasteiger partial charge on any atom is 0.408 e. The number of nitrogens with one attached hydrogen (secondary N) is 1. The van der Waals surface area contributed by atoms with E-state index in [1.54, 1.807) is 20.8 Å². The molecule has 0 bridgehead atoms. The number of carbonyl (C=O) groups excluding carboxylic acids is 1. The summed E-state index contributed by atoms with van der Waals surface area (Å²) in [4.78, 5) is 23.8. The summed E-state index contributed by atoms with van der Waals surface area (Å²) in [6.45, 7) is 16.0. The molecule has 0 aromatic heterocycles. The number of carboxylic acid groups (broad SMARTS) is 1. The van der Waals surface area contributed by atoms with Gasteiger partial charge < -0.3 is 19.9 Å². The van der Waals surface area contributed by atoms with E-state index >= 15 is 0 Å². The Morgan fingerprint density at radius 1 is 0.970 bits per heavy atom. The molecule has 1 amide bonds. The van der Waals surface area contributed by atoms with Crippen LogP contribution in [0.4, 0.5) is 4.79 Å². The van der Waals surface area contributed by atoms with E-state index in [0.29, 0.717) is 6.61 Å². The first kappa shape index (κ1) is 26.2. The summed E-state index contributed by atoms with van der Waals surface area (Å²) in [7, 11) is 0. The Morgan fingerprint density at radius 2 is 1.52 bits per heavy atom. The molecule has 2 N–H and O–H groups in total. The van der Waals surface area contributed by atoms with Crippen molar-refractivity contribution >= 4 is 12.1 Å². The third-order valence-corrected chi connectivity index (χ3v) is 5.29. The second-order valence-electron chi connectivity index (χ2n) is 10.5. The molecule has 2 aromatic rings. The molecule has 1 unspecified atom stereocenters. The van der Waals surface area contributed by atoms with Gasteiger partial charge in [-0.15, -0.1) is 0 Å². The van der Waals surface area contributed by atoms with Gasteiger partial charge >= 0.3 is 12.1 Å². The zero-order valence-electron chi connectivity index (χ0n) is 21.0. The average molecular weight is 456 g/mol. The molecule has 6 nitrogen and oxygen atoms in total. The van der Waals surface area contributed by atoms with Crippen LogP contribution in [0.25, 0.3) is 0 Å². The van der Waals surface area contributed by atoms with Crippen LogP contribution in [0.2, 0.25) is 0 Å². The summed E-state index contributed by atoms with van der Waals surface area (Å²) >= 11 is 0. The monoisotopic (exact) mass is 455 g/mol. The quantitative estimate of drug-likeness (QED) is 0.559. The molecule has 1 atom stereocenters. The van der Waals surface area contributed by atoms with Gasteiger partial charge in [-0.2, -0.15) is 0 Å². The summed E-state index contributed by atoms with van der Waals surface area (Å²) < 4.78 is 11.2. The summed E-state index contributed by atoms with van der Waals surface area (Å²) in [5.74, 6) is -0.390. The van der Waals surface area contributed by atoms with Crippen molar-refractivity contribution in [1.82, 2.24) is 5.32 Å². The van der Waals surface area contributed by atoms with Gasteiger partial charge in [-0.05, 0) is 80.0 Å². The van der Waals surface area contributed by atoms with Crippen molar-refractivity contribution < 1.29 is 24.2 Å². The second-order valence-corrected chi connectivity index (χ2v) is 10.5. The number of aryl methyl sites for hydroxylation is 2. The van der Waals surface area contributed by atoms with Gasteiger partial charge in [-0.1, -0.05) is 45.0 Å². The molecule has 2 aromatic carbocycles. The lowest BCUT2D eigenvalue weighted by atomic mass is 9.87. The van der Waals surface area contributed by atoms with Crippen LogP contribution in [0.3, 0.4) is 0 Å². The van der Waals surface area contributed by atoms with Crippen LogP contribution in [0, 0.1) is 13.8 Å². The molecule has 0 aliphatic rings. The lowest BCUT2D eigenvalue weighted by Gasteiger charge is -2.23. The maximum absolute atomic E-state index is 12.1. The molecule has 0 fully saturated rings. The molecule has 6 heteroatoms. The van der Waals surface area contributed by atoms with Gasteiger partial charge in [0.2, 0.25) is 0 Å². The topological polar surface area (TPSA) is 84.9 Å². The standard InChI is InChI=1S/C27H37NO5/c1-17-13-21(32-16-19-9-11-20(12-10-19)26(3,4)5)14-18(2)22(17)15-23(24(29)30)28-25(31)33-27(6,7)8/h9-14,23H,15-16H2,1-8H3,(H,28,31)(H,29,30). The molecule has 0 aliphatic heterocycles. The molecule has 33 heavy (non-hydrogen) atoms. The third-order valence-electron chi connectivity index (χ3n) is 5.29. The average Bonchev–Trinajstić information content (AvgIpc) is 2.66. The predicted octanol–water partition coefficient (Wildman–Crippen LogP) is 5.70. The van der Waals surface area contributed by atoms with Crippen molar-refractivity contribution in [1.29, 1.82) is 0 Å². The van der Waals surface area contributed by atoms with Crippen LogP contribution >= 0.6 is 0 Å². The summed E-state index contributed by atoms with van der Waals surface area (Å²) in [5.41, 5.74) is 4.43. The van der Waals surface area contributed by atoms with Crippen LogP contribution in [-0.4, -0.2) is 28.8 Å². The number of aliphatic carboxylic acids is 1. The Kier molecular flexibility index (Phi) is 8.17. The minimum Gasteiger partial charge on any atom is -0.489 e. The molecule has 2 rings (SSSR count). The van der Waals surface area contributed by atoms with Gasteiger partial charge in [-0.25, -0.2) is 9.59 Å². The highest BCUT2D eigenvalue weighted by atomic mass is 16.6. The van der Waals surface area contributed by atoms with Crippen molar-refractivity contribution in [3.63, 3.8) is 0 Å². The number of alkyl carbamates (subject to hydrolysis) is 1. The second kappa shape index (κ2) is 10.3. The van der Waals surface area contributed by atoms with Crippen molar-refractivity contribution in [2.24, 2.45) is 0 Å². The SMILES string of the molecule is Cc1cc(OCc2ccc(C(C)(C)C)cc2)cc(C)c1CC(NC(=O)OC(C)(C)C)C(=O)O. The van der Waals surface area contributed by atoms with Crippen molar-refractivity contribution in [2.45, 2.75) is 85.5 Å². The van der Waals surface area contributed by atoms with E-state index < -0.39 is 23.7 Å². The zero-order chi connectivity index (χ0) is 25.0. The highest BCUT2D eigenvalue weighted by Gasteiger charge is 2.25. The maximum atomic E-state index is 12.1. The van der Waals surface area contributed by atoms with Crippen LogP contribution in [0.15, 0.2) is 36.4 Å². The number of benzene rings is 2. The minimum absolute atomic E-state index is 0.107. The third kappa shape index (κ3) is 8.12. The fraction of sp³-hybridized carbons (Fsp3) is 0.481. The fourth-order valence-corrected chi connectivity index (χ4v) is 3.48. The van der Waals surface area contributed by atoms with Crippen LogP contribution < -0.4 is 10.1 Å². The molecule has 180 valence electrons.